The Kier molecular flexibility index (Phi) is 6.56. The van der Waals surface area contributed by atoms with Gasteiger partial charge in [-0.15, -0.1) is 0 Å². The molecule has 2 aromatic rings. The van der Waals surface area contributed by atoms with Crippen molar-refractivity contribution in [2.45, 2.75) is 23.6 Å². The Balaban J connectivity index is 2.25. The normalized spacial score (nSPS) is 16.8. The summed E-state index contributed by atoms with van der Waals surface area (Å²) in [5.74, 6) is 0. The number of sulfonamides is 2. The van der Waals surface area contributed by atoms with Crippen LogP contribution in [0.15, 0.2) is 90.7 Å². The van der Waals surface area contributed by atoms with Gasteiger partial charge in [-0.2, -0.15) is 25.6 Å². The van der Waals surface area contributed by atoms with E-state index in [2.05, 4.69) is 8.80 Å². The lowest BCUT2D eigenvalue weighted by atomic mass is 10.1. The van der Waals surface area contributed by atoms with Crippen LogP contribution >= 0.6 is 0 Å². The Bertz CT molecular complexity index is 1400. The maximum atomic E-state index is 12.8. The van der Waals surface area contributed by atoms with E-state index in [9.17, 15) is 37.1 Å². The highest BCUT2D eigenvalue weighted by Gasteiger charge is 2.36. The van der Waals surface area contributed by atoms with Crippen molar-refractivity contribution in [2.75, 3.05) is 0 Å². The highest BCUT2D eigenvalue weighted by molar-refractivity contribution is 7.91. The van der Waals surface area contributed by atoms with E-state index in [1.54, 1.807) is 13.8 Å². The van der Waals surface area contributed by atoms with Crippen LogP contribution in [0.4, 0.5) is 0 Å². The lowest BCUT2D eigenvalue weighted by molar-refractivity contribution is -0.479. The molecule has 0 amide bonds. The summed E-state index contributed by atoms with van der Waals surface area (Å²) >= 11 is 0. The van der Waals surface area contributed by atoms with Gasteiger partial charge in [0.15, 0.2) is 0 Å². The van der Waals surface area contributed by atoms with Gasteiger partial charge < -0.3 is 0 Å². The molecule has 0 bridgehead atoms. The monoisotopic (exact) mass is 504 g/mol. The van der Waals surface area contributed by atoms with Crippen molar-refractivity contribution >= 4 is 31.5 Å². The molecule has 0 heterocycles. The van der Waals surface area contributed by atoms with Gasteiger partial charge in [0.2, 0.25) is 0 Å². The summed E-state index contributed by atoms with van der Waals surface area (Å²) in [5, 5.41) is 22.7. The van der Waals surface area contributed by atoms with Crippen LogP contribution in [0, 0.1) is 34.1 Å². The van der Waals surface area contributed by atoms with Crippen LogP contribution in [0.5, 0.6) is 0 Å². The van der Waals surface area contributed by atoms with Crippen LogP contribution in [-0.2, 0) is 20.0 Å². The maximum Gasteiger partial charge on any atom is 0.348 e. The summed E-state index contributed by atoms with van der Waals surface area (Å²) in [4.78, 5) is 20.0. The average Bonchev–Trinajstić information content (AvgIpc) is 2.74. The molecule has 0 N–H and O–H groups in total. The number of nitro groups is 2. The van der Waals surface area contributed by atoms with Crippen LogP contribution in [0.3, 0.4) is 0 Å². The van der Waals surface area contributed by atoms with E-state index in [-0.39, 0.29) is 9.79 Å². The molecule has 14 heteroatoms. The minimum atomic E-state index is -4.48. The molecular weight excluding hydrogens is 488 g/mol. The van der Waals surface area contributed by atoms with Gasteiger partial charge in [0.05, 0.1) is 31.8 Å². The molecule has 12 nitrogen and oxygen atoms in total. The Morgan fingerprint density at radius 3 is 1.18 bits per heavy atom. The summed E-state index contributed by atoms with van der Waals surface area (Å²) in [7, 11) is -8.95. The third kappa shape index (κ3) is 5.29. The topological polar surface area (TPSA) is 179 Å². The summed E-state index contributed by atoms with van der Waals surface area (Å²) < 4.78 is 58.1. The van der Waals surface area contributed by atoms with Crippen molar-refractivity contribution in [1.82, 2.24) is 0 Å². The maximum absolute atomic E-state index is 12.8. The van der Waals surface area contributed by atoms with Gasteiger partial charge in [-0.1, -0.05) is 35.4 Å². The standard InChI is InChI=1S/C20H16N4O8S2/c1-13-3-7-15(8-4-13)33(29,30)21-17-11-19(23(25)26)20(24(27)28)12-18(17)22-34(31,32)16-9-5-14(2)6-10-16/h3-12H,1-2H3. The molecular formula is C20H16N4O8S2. The Morgan fingerprint density at radius 1 is 0.618 bits per heavy atom. The Morgan fingerprint density at radius 2 is 0.912 bits per heavy atom. The van der Waals surface area contributed by atoms with E-state index in [4.69, 9.17) is 0 Å². The Hall–Kier alpha value is -4.04. The first-order valence-corrected chi connectivity index (χ1v) is 12.2. The van der Waals surface area contributed by atoms with E-state index in [0.717, 1.165) is 11.1 Å². The summed E-state index contributed by atoms with van der Waals surface area (Å²) in [6.45, 7) is 3.44. The van der Waals surface area contributed by atoms with Crippen LogP contribution in [-0.4, -0.2) is 38.1 Å². The first-order chi connectivity index (χ1) is 15.8. The lowest BCUT2D eigenvalue weighted by Crippen LogP contribution is -2.24. The lowest BCUT2D eigenvalue weighted by Gasteiger charge is -2.09. The zero-order chi connectivity index (χ0) is 25.3. The fourth-order valence-corrected chi connectivity index (χ4v) is 4.76. The van der Waals surface area contributed by atoms with Gasteiger partial charge in [-0.05, 0) is 38.1 Å². The molecule has 0 radical (unpaired) electrons. The third-order valence-electron chi connectivity index (χ3n) is 4.54. The average molecular weight is 505 g/mol. The molecule has 0 aliphatic heterocycles. The number of allylic oxidation sites excluding steroid dienone is 2. The second kappa shape index (κ2) is 9.07. The summed E-state index contributed by atoms with van der Waals surface area (Å²) in [6, 6.07) is 11.0. The predicted octanol–water partition coefficient (Wildman–Crippen LogP) is 2.60. The van der Waals surface area contributed by atoms with Crippen molar-refractivity contribution < 1.29 is 26.7 Å². The number of hydrogen-bond acceptors (Lipinski definition) is 8. The number of rotatable bonds is 6. The number of aryl methyl sites for hydroxylation is 2. The van der Waals surface area contributed by atoms with E-state index >= 15 is 0 Å². The van der Waals surface area contributed by atoms with Gasteiger partial charge in [-0.3, -0.25) is 20.2 Å². The van der Waals surface area contributed by atoms with Crippen LogP contribution in [0.1, 0.15) is 11.1 Å². The minimum Gasteiger partial charge on any atom is -0.258 e. The highest BCUT2D eigenvalue weighted by atomic mass is 32.2. The quantitative estimate of drug-likeness (QED) is 0.327. The molecule has 0 aromatic heterocycles. The molecule has 0 saturated heterocycles. The Labute approximate surface area is 194 Å². The van der Waals surface area contributed by atoms with E-state index < -0.39 is 52.7 Å². The molecule has 0 fully saturated rings. The smallest absolute Gasteiger partial charge is 0.258 e. The van der Waals surface area contributed by atoms with E-state index in [1.807, 2.05) is 0 Å². The van der Waals surface area contributed by atoms with Gasteiger partial charge in [-0.25, -0.2) is 0 Å². The molecule has 1 aliphatic rings. The first kappa shape index (κ1) is 24.6. The molecule has 3 rings (SSSR count). The third-order valence-corrected chi connectivity index (χ3v) is 7.15. The van der Waals surface area contributed by atoms with E-state index in [1.165, 1.54) is 48.5 Å². The van der Waals surface area contributed by atoms with Crippen molar-refractivity contribution in [1.29, 1.82) is 0 Å². The number of benzene rings is 2. The van der Waals surface area contributed by atoms with Gasteiger partial charge in [0.1, 0.15) is 11.4 Å². The fourth-order valence-electron chi connectivity index (χ4n) is 2.78. The van der Waals surface area contributed by atoms with Gasteiger partial charge >= 0.3 is 11.4 Å². The van der Waals surface area contributed by atoms with Crippen LogP contribution in [0.2, 0.25) is 0 Å². The summed E-state index contributed by atoms with van der Waals surface area (Å²) in [5.41, 5.74) is -2.12. The van der Waals surface area contributed by atoms with Crippen LogP contribution < -0.4 is 0 Å². The second-order valence-corrected chi connectivity index (χ2v) is 10.3. The largest absolute Gasteiger partial charge is 0.348 e. The molecule has 176 valence electrons. The van der Waals surface area contributed by atoms with Crippen molar-refractivity contribution in [3.63, 3.8) is 0 Å². The van der Waals surface area contributed by atoms with Crippen LogP contribution in [0.25, 0.3) is 0 Å². The van der Waals surface area contributed by atoms with E-state index in [0.29, 0.717) is 12.2 Å². The van der Waals surface area contributed by atoms with Crippen molar-refractivity contribution in [3.05, 3.63) is 103 Å². The predicted molar refractivity (Wildman–Crippen MR) is 122 cm³/mol. The first-order valence-electron chi connectivity index (χ1n) is 9.36. The zero-order valence-electron chi connectivity index (χ0n) is 17.6. The molecule has 0 unspecified atom stereocenters. The molecule has 0 atom stereocenters. The molecule has 0 saturated carbocycles. The molecule has 34 heavy (non-hydrogen) atoms. The van der Waals surface area contributed by atoms with Crippen molar-refractivity contribution in [3.8, 4) is 0 Å². The minimum absolute atomic E-state index is 0.272. The number of nitrogens with zero attached hydrogens (tertiary/aromatic N) is 4. The number of hydrogen-bond donors (Lipinski definition) is 0. The second-order valence-electron chi connectivity index (χ2n) is 7.10. The highest BCUT2D eigenvalue weighted by Crippen LogP contribution is 2.22. The fraction of sp³-hybridized carbons (Fsp3) is 0.100. The molecule has 0 spiro atoms. The molecule has 1 aliphatic carbocycles. The SMILES string of the molecule is Cc1ccc(S(=O)(=O)N=C2C=C([N+](=O)[O-])C([N+](=O)[O-])=CC2=NS(=O)(=O)c2ccc(C)cc2)cc1. The molecule has 2 aromatic carbocycles. The zero-order valence-corrected chi connectivity index (χ0v) is 19.3. The summed E-state index contributed by atoms with van der Waals surface area (Å²) in [6.07, 6.45) is 1.01. The van der Waals surface area contributed by atoms with Crippen molar-refractivity contribution in [2.24, 2.45) is 8.80 Å². The van der Waals surface area contributed by atoms with Gasteiger partial charge in [0.25, 0.3) is 20.0 Å². The van der Waals surface area contributed by atoms with Gasteiger partial charge in [0, 0.05) is 0 Å².